The van der Waals surface area contributed by atoms with Crippen molar-refractivity contribution in [1.82, 2.24) is 15.0 Å². The fourth-order valence-electron chi connectivity index (χ4n) is 3.25. The fraction of sp³-hybridized carbons (Fsp3) is 0.857. The molecule has 2 aliphatic rings. The first kappa shape index (κ1) is 13.1. The maximum Gasteiger partial charge on any atom is 0.229 e. The van der Waals surface area contributed by atoms with E-state index in [0.29, 0.717) is 17.9 Å². The van der Waals surface area contributed by atoms with Gasteiger partial charge < -0.3 is 10.3 Å². The van der Waals surface area contributed by atoms with Crippen molar-refractivity contribution in [1.29, 1.82) is 0 Å². The molecular weight excluding hydrogens is 240 g/mol. The highest BCUT2D eigenvalue weighted by Crippen LogP contribution is 2.39. The predicted molar refractivity (Wildman–Crippen MR) is 72.5 cm³/mol. The summed E-state index contributed by atoms with van der Waals surface area (Å²) in [5.74, 6) is 2.86. The van der Waals surface area contributed by atoms with Gasteiger partial charge >= 0.3 is 0 Å². The molecule has 1 heterocycles. The maximum absolute atomic E-state index is 5.89. The molecule has 5 heteroatoms. The van der Waals surface area contributed by atoms with Crippen LogP contribution < -0.4 is 5.73 Å². The van der Waals surface area contributed by atoms with Crippen molar-refractivity contribution in [2.24, 2.45) is 11.7 Å². The van der Waals surface area contributed by atoms with E-state index in [1.165, 1.54) is 32.1 Å². The Labute approximate surface area is 114 Å². The summed E-state index contributed by atoms with van der Waals surface area (Å²) >= 11 is 0. The molecule has 0 aliphatic heterocycles. The second kappa shape index (κ2) is 5.59. The molecular formula is C14H24N4O. The predicted octanol–water partition coefficient (Wildman–Crippen LogP) is 1.90. The molecule has 1 aromatic heterocycles. The Bertz CT molecular complexity index is 415. The van der Waals surface area contributed by atoms with Gasteiger partial charge in [0.05, 0.1) is 6.54 Å². The molecule has 2 atom stereocenters. The molecule has 5 nitrogen and oxygen atoms in total. The highest BCUT2D eigenvalue weighted by Gasteiger charge is 2.32. The van der Waals surface area contributed by atoms with Gasteiger partial charge in [-0.3, -0.25) is 4.90 Å². The van der Waals surface area contributed by atoms with Gasteiger partial charge in [0.15, 0.2) is 5.82 Å². The van der Waals surface area contributed by atoms with Gasteiger partial charge in [-0.1, -0.05) is 18.5 Å². The zero-order chi connectivity index (χ0) is 13.2. The molecule has 2 fully saturated rings. The average molecular weight is 264 g/mol. The summed E-state index contributed by atoms with van der Waals surface area (Å²) in [4.78, 5) is 7.00. The van der Waals surface area contributed by atoms with Gasteiger partial charge in [0, 0.05) is 12.0 Å². The van der Waals surface area contributed by atoms with Crippen LogP contribution >= 0.6 is 0 Å². The Morgan fingerprint density at radius 1 is 1.32 bits per heavy atom. The molecule has 0 aromatic carbocycles. The number of rotatable bonds is 6. The monoisotopic (exact) mass is 264 g/mol. The molecule has 0 spiro atoms. The summed E-state index contributed by atoms with van der Waals surface area (Å²) in [6, 6.07) is 0.595. The lowest BCUT2D eigenvalue weighted by Crippen LogP contribution is -2.40. The molecule has 1 aromatic rings. The first-order chi connectivity index (χ1) is 9.31. The number of nitrogens with zero attached hydrogens (tertiary/aromatic N) is 3. The van der Waals surface area contributed by atoms with E-state index < -0.39 is 0 Å². The molecule has 0 amide bonds. The zero-order valence-corrected chi connectivity index (χ0v) is 11.7. The largest absolute Gasteiger partial charge is 0.339 e. The first-order valence-corrected chi connectivity index (χ1v) is 7.58. The number of hydrogen-bond acceptors (Lipinski definition) is 5. The van der Waals surface area contributed by atoms with Crippen molar-refractivity contribution in [3.63, 3.8) is 0 Å². The van der Waals surface area contributed by atoms with Gasteiger partial charge in [-0.25, -0.2) is 0 Å². The van der Waals surface area contributed by atoms with Crippen molar-refractivity contribution in [2.45, 2.75) is 57.5 Å². The van der Waals surface area contributed by atoms with Crippen LogP contribution in [0.4, 0.5) is 0 Å². The summed E-state index contributed by atoms with van der Waals surface area (Å²) in [5.41, 5.74) is 5.89. The summed E-state index contributed by atoms with van der Waals surface area (Å²) in [6.45, 7) is 4.82. The minimum Gasteiger partial charge on any atom is -0.339 e. The quantitative estimate of drug-likeness (QED) is 0.850. The van der Waals surface area contributed by atoms with Gasteiger partial charge in [0.2, 0.25) is 5.89 Å². The van der Waals surface area contributed by atoms with Gasteiger partial charge in [-0.2, -0.15) is 4.98 Å². The minimum absolute atomic E-state index is 0.541. The Kier molecular flexibility index (Phi) is 3.84. The summed E-state index contributed by atoms with van der Waals surface area (Å²) < 4.78 is 5.34. The summed E-state index contributed by atoms with van der Waals surface area (Å²) in [6.07, 6.45) is 6.22. The lowest BCUT2D eigenvalue weighted by Gasteiger charge is -2.30. The van der Waals surface area contributed by atoms with Crippen molar-refractivity contribution in [3.8, 4) is 0 Å². The Balaban J connectivity index is 1.64. The molecule has 2 saturated carbocycles. The normalized spacial score (nSPS) is 27.3. The van der Waals surface area contributed by atoms with Gasteiger partial charge in [0.1, 0.15) is 0 Å². The molecule has 3 rings (SSSR count). The van der Waals surface area contributed by atoms with Crippen LogP contribution in [0, 0.1) is 5.92 Å². The van der Waals surface area contributed by atoms with Crippen molar-refractivity contribution >= 4 is 0 Å². The van der Waals surface area contributed by atoms with E-state index in [1.807, 2.05) is 0 Å². The van der Waals surface area contributed by atoms with Crippen LogP contribution in [0.5, 0.6) is 0 Å². The van der Waals surface area contributed by atoms with E-state index in [-0.39, 0.29) is 0 Å². The maximum atomic E-state index is 5.89. The van der Waals surface area contributed by atoms with Crippen molar-refractivity contribution < 1.29 is 4.52 Å². The molecule has 0 bridgehead atoms. The smallest absolute Gasteiger partial charge is 0.229 e. The number of hydrogen-bond donors (Lipinski definition) is 1. The van der Waals surface area contributed by atoms with E-state index in [0.717, 1.165) is 31.3 Å². The highest BCUT2D eigenvalue weighted by molar-refractivity contribution is 5.02. The third kappa shape index (κ3) is 2.82. The summed E-state index contributed by atoms with van der Waals surface area (Å²) in [5, 5.41) is 4.13. The van der Waals surface area contributed by atoms with Gasteiger partial charge in [-0.15, -0.1) is 0 Å². The second-order valence-corrected chi connectivity index (χ2v) is 5.88. The Morgan fingerprint density at radius 3 is 2.84 bits per heavy atom. The molecule has 2 aliphatic carbocycles. The third-order valence-electron chi connectivity index (χ3n) is 4.55. The van der Waals surface area contributed by atoms with Crippen LogP contribution in [0.3, 0.4) is 0 Å². The summed E-state index contributed by atoms with van der Waals surface area (Å²) in [7, 11) is 0. The highest BCUT2D eigenvalue weighted by atomic mass is 16.5. The molecule has 106 valence electrons. The van der Waals surface area contributed by atoms with Crippen LogP contribution in [0.2, 0.25) is 0 Å². The third-order valence-corrected chi connectivity index (χ3v) is 4.55. The van der Waals surface area contributed by atoms with Gasteiger partial charge in [-0.05, 0) is 44.7 Å². The lowest BCUT2D eigenvalue weighted by molar-refractivity contribution is 0.156. The molecule has 2 unspecified atom stereocenters. The van der Waals surface area contributed by atoms with E-state index in [1.54, 1.807) is 0 Å². The topological polar surface area (TPSA) is 68.2 Å². The fourth-order valence-corrected chi connectivity index (χ4v) is 3.25. The van der Waals surface area contributed by atoms with E-state index >= 15 is 0 Å². The molecule has 2 N–H and O–H groups in total. The first-order valence-electron chi connectivity index (χ1n) is 7.58. The van der Waals surface area contributed by atoms with Crippen LogP contribution in [0.25, 0.3) is 0 Å². The van der Waals surface area contributed by atoms with E-state index in [9.17, 15) is 0 Å². The SMILES string of the molecule is CCN(Cc1noc(C2CC2)n1)C1CCCC1CN. The van der Waals surface area contributed by atoms with E-state index in [4.69, 9.17) is 10.3 Å². The van der Waals surface area contributed by atoms with E-state index in [2.05, 4.69) is 22.0 Å². The number of aromatic nitrogens is 2. The van der Waals surface area contributed by atoms with Crippen molar-refractivity contribution in [3.05, 3.63) is 11.7 Å². The Morgan fingerprint density at radius 2 is 2.16 bits per heavy atom. The molecule has 19 heavy (non-hydrogen) atoms. The Hall–Kier alpha value is -0.940. The van der Waals surface area contributed by atoms with Crippen LogP contribution in [-0.2, 0) is 6.54 Å². The standard InChI is InChI=1S/C14H24N4O/c1-2-18(12-5-3-4-11(12)8-15)9-13-16-14(19-17-13)10-6-7-10/h10-12H,2-9,15H2,1H3. The van der Waals surface area contributed by atoms with Crippen LogP contribution in [0.1, 0.15) is 56.7 Å². The van der Waals surface area contributed by atoms with Crippen LogP contribution in [0.15, 0.2) is 4.52 Å². The average Bonchev–Trinajstić information content (AvgIpc) is 3.01. The van der Waals surface area contributed by atoms with Crippen molar-refractivity contribution in [2.75, 3.05) is 13.1 Å². The van der Waals surface area contributed by atoms with Crippen LogP contribution in [-0.4, -0.2) is 34.2 Å². The molecule has 0 saturated heterocycles. The zero-order valence-electron chi connectivity index (χ0n) is 11.7. The van der Waals surface area contributed by atoms with Gasteiger partial charge in [0.25, 0.3) is 0 Å². The molecule has 0 radical (unpaired) electrons. The lowest BCUT2D eigenvalue weighted by atomic mass is 10.0. The second-order valence-electron chi connectivity index (χ2n) is 5.88. The minimum atomic E-state index is 0.541. The number of nitrogens with two attached hydrogens (primary N) is 1.